The Bertz CT molecular complexity index is 344. The molecule has 0 bridgehead atoms. The highest BCUT2D eigenvalue weighted by Crippen LogP contribution is 2.14. The fourth-order valence-corrected chi connectivity index (χ4v) is 1.97. The van der Waals surface area contributed by atoms with Crippen molar-refractivity contribution in [2.75, 3.05) is 38.7 Å². The zero-order valence-corrected chi connectivity index (χ0v) is 12.2. The van der Waals surface area contributed by atoms with Crippen molar-refractivity contribution in [3.8, 4) is 0 Å². The van der Waals surface area contributed by atoms with E-state index in [-0.39, 0.29) is 0 Å². The van der Waals surface area contributed by atoms with Crippen molar-refractivity contribution >= 4 is 17.3 Å². The first-order valence-corrected chi connectivity index (χ1v) is 6.73. The molecule has 1 aromatic carbocycles. The summed E-state index contributed by atoms with van der Waals surface area (Å²) >= 11 is 5.94. The number of rotatable bonds is 8. The molecule has 0 aliphatic rings. The number of anilines is 1. The van der Waals surface area contributed by atoms with Gasteiger partial charge in [-0.2, -0.15) is 0 Å². The smallest absolute Gasteiger partial charge is 0.0589 e. The number of nitrogens with zero attached hydrogens (tertiary/aromatic N) is 1. The van der Waals surface area contributed by atoms with Gasteiger partial charge in [0.15, 0.2) is 0 Å². The van der Waals surface area contributed by atoms with Gasteiger partial charge >= 0.3 is 0 Å². The average molecular weight is 271 g/mol. The summed E-state index contributed by atoms with van der Waals surface area (Å²) < 4.78 is 5.12. The van der Waals surface area contributed by atoms with E-state index in [9.17, 15) is 0 Å². The van der Waals surface area contributed by atoms with E-state index in [1.54, 1.807) is 7.11 Å². The summed E-state index contributed by atoms with van der Waals surface area (Å²) in [6.07, 6.45) is 0. The third kappa shape index (κ3) is 5.71. The molecule has 0 atom stereocenters. The van der Waals surface area contributed by atoms with Crippen LogP contribution in [0.15, 0.2) is 24.3 Å². The maximum absolute atomic E-state index is 5.94. The molecule has 0 unspecified atom stereocenters. The maximum Gasteiger partial charge on any atom is 0.0589 e. The molecule has 3 nitrogen and oxygen atoms in total. The van der Waals surface area contributed by atoms with Crippen LogP contribution in [0.3, 0.4) is 0 Å². The summed E-state index contributed by atoms with van der Waals surface area (Å²) in [5, 5.41) is 4.14. The molecule has 0 amide bonds. The van der Waals surface area contributed by atoms with E-state index in [2.05, 4.69) is 24.1 Å². The largest absolute Gasteiger partial charge is 0.384 e. The van der Waals surface area contributed by atoms with Crippen molar-refractivity contribution < 1.29 is 4.74 Å². The van der Waals surface area contributed by atoms with Gasteiger partial charge in [0.05, 0.1) is 6.61 Å². The van der Waals surface area contributed by atoms with Gasteiger partial charge in [-0.05, 0) is 32.0 Å². The zero-order chi connectivity index (χ0) is 13.4. The van der Waals surface area contributed by atoms with Crippen LogP contribution < -0.4 is 5.32 Å². The minimum Gasteiger partial charge on any atom is -0.384 e. The first-order chi connectivity index (χ1) is 8.63. The highest BCUT2D eigenvalue weighted by atomic mass is 35.5. The molecular formula is C14H23ClN2O. The molecule has 0 saturated carbocycles. The van der Waals surface area contributed by atoms with Crippen LogP contribution in [0.4, 0.5) is 5.69 Å². The van der Waals surface area contributed by atoms with Crippen LogP contribution in [0.25, 0.3) is 0 Å². The second-order valence-electron chi connectivity index (χ2n) is 4.56. The number of ether oxygens (including phenoxy) is 1. The second-order valence-corrected chi connectivity index (χ2v) is 5.00. The summed E-state index contributed by atoms with van der Waals surface area (Å²) in [6.45, 7) is 8.04. The SMILES string of the molecule is COCCN(CCNc1cccc(Cl)c1)C(C)C. The quantitative estimate of drug-likeness (QED) is 0.786. The predicted molar refractivity (Wildman–Crippen MR) is 78.5 cm³/mol. The van der Waals surface area contributed by atoms with Crippen LogP contribution in [0.1, 0.15) is 13.8 Å². The van der Waals surface area contributed by atoms with Crippen molar-refractivity contribution in [1.82, 2.24) is 4.90 Å². The van der Waals surface area contributed by atoms with E-state index >= 15 is 0 Å². The number of hydrogen-bond donors (Lipinski definition) is 1. The Labute approximate surface area is 115 Å². The van der Waals surface area contributed by atoms with Gasteiger partial charge in [-0.1, -0.05) is 17.7 Å². The minimum atomic E-state index is 0.529. The van der Waals surface area contributed by atoms with E-state index in [1.807, 2.05) is 24.3 Å². The molecule has 1 rings (SSSR count). The molecule has 0 heterocycles. The van der Waals surface area contributed by atoms with Crippen molar-refractivity contribution in [3.05, 3.63) is 29.3 Å². The van der Waals surface area contributed by atoms with Gasteiger partial charge in [-0.3, -0.25) is 4.90 Å². The molecule has 0 radical (unpaired) electrons. The third-order valence-corrected chi connectivity index (χ3v) is 3.10. The van der Waals surface area contributed by atoms with E-state index < -0.39 is 0 Å². The van der Waals surface area contributed by atoms with Gasteiger partial charge in [-0.15, -0.1) is 0 Å². The van der Waals surface area contributed by atoms with Crippen LogP contribution in [-0.4, -0.2) is 44.3 Å². The number of halogens is 1. The first-order valence-electron chi connectivity index (χ1n) is 6.36. The monoisotopic (exact) mass is 270 g/mol. The Morgan fingerprint density at radius 1 is 1.33 bits per heavy atom. The molecule has 1 aromatic rings. The molecular weight excluding hydrogens is 248 g/mol. The van der Waals surface area contributed by atoms with Crippen LogP contribution in [0, 0.1) is 0 Å². The highest BCUT2D eigenvalue weighted by Gasteiger charge is 2.08. The molecule has 102 valence electrons. The van der Waals surface area contributed by atoms with Gasteiger partial charge in [0.25, 0.3) is 0 Å². The highest BCUT2D eigenvalue weighted by molar-refractivity contribution is 6.30. The molecule has 0 fully saturated rings. The fraction of sp³-hybridized carbons (Fsp3) is 0.571. The Kier molecular flexibility index (Phi) is 7.09. The molecule has 1 N–H and O–H groups in total. The van der Waals surface area contributed by atoms with Crippen LogP contribution >= 0.6 is 11.6 Å². The van der Waals surface area contributed by atoms with E-state index in [0.29, 0.717) is 6.04 Å². The number of nitrogens with one attached hydrogen (secondary N) is 1. The van der Waals surface area contributed by atoms with Crippen molar-refractivity contribution in [2.45, 2.75) is 19.9 Å². The van der Waals surface area contributed by atoms with E-state index in [0.717, 1.165) is 37.0 Å². The van der Waals surface area contributed by atoms with Crippen molar-refractivity contribution in [2.24, 2.45) is 0 Å². The Morgan fingerprint density at radius 3 is 2.72 bits per heavy atom. The molecule has 0 aliphatic carbocycles. The molecule has 4 heteroatoms. The summed E-state index contributed by atoms with van der Waals surface area (Å²) in [7, 11) is 1.74. The molecule has 0 aliphatic heterocycles. The average Bonchev–Trinajstić information content (AvgIpc) is 2.33. The summed E-state index contributed by atoms with van der Waals surface area (Å²) in [4.78, 5) is 2.39. The summed E-state index contributed by atoms with van der Waals surface area (Å²) in [5.41, 5.74) is 1.07. The lowest BCUT2D eigenvalue weighted by atomic mass is 10.3. The van der Waals surface area contributed by atoms with E-state index in [1.165, 1.54) is 0 Å². The number of methoxy groups -OCH3 is 1. The second kappa shape index (κ2) is 8.35. The third-order valence-electron chi connectivity index (χ3n) is 2.87. The minimum absolute atomic E-state index is 0.529. The van der Waals surface area contributed by atoms with Crippen molar-refractivity contribution in [3.63, 3.8) is 0 Å². The van der Waals surface area contributed by atoms with Crippen LogP contribution in [-0.2, 0) is 4.74 Å². The van der Waals surface area contributed by atoms with Crippen LogP contribution in [0.2, 0.25) is 5.02 Å². The zero-order valence-electron chi connectivity index (χ0n) is 11.4. The predicted octanol–water partition coefficient (Wildman–Crippen LogP) is 3.11. The van der Waals surface area contributed by atoms with Crippen molar-refractivity contribution in [1.29, 1.82) is 0 Å². The lowest BCUT2D eigenvalue weighted by Gasteiger charge is -2.26. The standard InChI is InChI=1S/C14H23ClN2O/c1-12(2)17(9-10-18-3)8-7-16-14-6-4-5-13(15)11-14/h4-6,11-12,16H,7-10H2,1-3H3. The van der Waals surface area contributed by atoms with Gasteiger partial charge in [0.1, 0.15) is 0 Å². The molecule has 0 aromatic heterocycles. The van der Waals surface area contributed by atoms with Gasteiger partial charge in [-0.25, -0.2) is 0 Å². The Balaban J connectivity index is 2.34. The number of hydrogen-bond acceptors (Lipinski definition) is 3. The number of benzene rings is 1. The Morgan fingerprint density at radius 2 is 2.11 bits per heavy atom. The van der Waals surface area contributed by atoms with Gasteiger partial charge in [0.2, 0.25) is 0 Å². The first kappa shape index (κ1) is 15.3. The Hall–Kier alpha value is -0.770. The van der Waals surface area contributed by atoms with Crippen LogP contribution in [0.5, 0.6) is 0 Å². The topological polar surface area (TPSA) is 24.5 Å². The lowest BCUT2D eigenvalue weighted by Crippen LogP contribution is -2.37. The molecule has 0 saturated heterocycles. The fourth-order valence-electron chi connectivity index (χ4n) is 1.78. The van der Waals surface area contributed by atoms with Gasteiger partial charge < -0.3 is 10.1 Å². The molecule has 18 heavy (non-hydrogen) atoms. The normalized spacial score (nSPS) is 11.2. The summed E-state index contributed by atoms with van der Waals surface area (Å²) in [5.74, 6) is 0. The van der Waals surface area contributed by atoms with Gasteiger partial charge in [0, 0.05) is 43.5 Å². The molecule has 0 spiro atoms. The maximum atomic E-state index is 5.94. The van der Waals surface area contributed by atoms with E-state index in [4.69, 9.17) is 16.3 Å². The lowest BCUT2D eigenvalue weighted by molar-refractivity contribution is 0.132. The summed E-state index contributed by atoms with van der Waals surface area (Å²) in [6, 6.07) is 8.33.